The number of esters is 1. The number of piperidine rings is 2. The third kappa shape index (κ3) is 1.91. The molecule has 2 aliphatic rings. The Bertz CT molecular complexity index is 213. The van der Waals surface area contributed by atoms with Crippen LogP contribution >= 0.6 is 0 Å². The van der Waals surface area contributed by atoms with Crippen LogP contribution in [0.4, 0.5) is 0 Å². The van der Waals surface area contributed by atoms with Crippen molar-refractivity contribution >= 4 is 5.97 Å². The predicted molar refractivity (Wildman–Crippen MR) is 50.7 cm³/mol. The molecular weight excluding hydrogens is 182 g/mol. The topological polar surface area (TPSA) is 58.6 Å². The van der Waals surface area contributed by atoms with Gasteiger partial charge in [0.05, 0.1) is 19.1 Å². The molecule has 2 heterocycles. The van der Waals surface area contributed by atoms with Gasteiger partial charge >= 0.3 is 5.97 Å². The van der Waals surface area contributed by atoms with Gasteiger partial charge < -0.3 is 15.2 Å². The maximum absolute atomic E-state index is 11.4. The molecule has 0 saturated carbocycles. The number of aliphatic hydroxyl groups excluding tert-OH is 1. The first-order valence-corrected chi connectivity index (χ1v) is 5.21. The minimum atomic E-state index is -0.190. The Hall–Kier alpha value is -0.610. The Morgan fingerprint density at radius 3 is 2.36 bits per heavy atom. The van der Waals surface area contributed by atoms with Crippen molar-refractivity contribution in [3.63, 3.8) is 0 Å². The predicted octanol–water partition coefficient (Wildman–Crippen LogP) is 0.0509. The van der Waals surface area contributed by atoms with Crippen molar-refractivity contribution in [1.82, 2.24) is 5.32 Å². The molecule has 2 saturated heterocycles. The highest BCUT2D eigenvalue weighted by atomic mass is 16.5. The van der Waals surface area contributed by atoms with Gasteiger partial charge in [0.2, 0.25) is 0 Å². The zero-order valence-corrected chi connectivity index (χ0v) is 8.40. The summed E-state index contributed by atoms with van der Waals surface area (Å²) in [6.45, 7) is 0. The summed E-state index contributed by atoms with van der Waals surface area (Å²) >= 11 is 0. The fraction of sp³-hybridized carbons (Fsp3) is 0.900. The van der Waals surface area contributed by atoms with Crippen molar-refractivity contribution in [1.29, 1.82) is 0 Å². The molecule has 2 rings (SSSR count). The Morgan fingerprint density at radius 1 is 1.29 bits per heavy atom. The highest BCUT2D eigenvalue weighted by Crippen LogP contribution is 2.30. The average Bonchev–Trinajstić information content (AvgIpc) is 2.14. The first-order valence-electron chi connectivity index (χ1n) is 5.21. The summed E-state index contributed by atoms with van der Waals surface area (Å²) in [7, 11) is 1.44. The van der Waals surface area contributed by atoms with E-state index in [1.165, 1.54) is 7.11 Å². The standard InChI is InChI=1S/C10H17NO3/c1-14-10(13)6-2-7-4-9(12)5-8(3-6)11-7/h6-9,11-12H,2-5H2,1H3. The smallest absolute Gasteiger partial charge is 0.308 e. The van der Waals surface area contributed by atoms with Gasteiger partial charge in [-0.2, -0.15) is 0 Å². The van der Waals surface area contributed by atoms with Gasteiger partial charge in [-0.25, -0.2) is 0 Å². The number of rotatable bonds is 1. The summed E-state index contributed by atoms with van der Waals surface area (Å²) < 4.78 is 4.75. The van der Waals surface area contributed by atoms with Crippen molar-refractivity contribution in [3.8, 4) is 0 Å². The maximum atomic E-state index is 11.4. The SMILES string of the molecule is COC(=O)C1CC2CC(O)CC(C1)N2. The van der Waals surface area contributed by atoms with Gasteiger partial charge in [0.1, 0.15) is 0 Å². The summed E-state index contributed by atoms with van der Waals surface area (Å²) in [6, 6.07) is 0.586. The van der Waals surface area contributed by atoms with Crippen molar-refractivity contribution in [2.45, 2.75) is 43.9 Å². The van der Waals surface area contributed by atoms with Crippen LogP contribution in [0.5, 0.6) is 0 Å². The second-order valence-electron chi connectivity index (χ2n) is 4.38. The van der Waals surface area contributed by atoms with E-state index < -0.39 is 0 Å². The van der Waals surface area contributed by atoms with Crippen LogP contribution in [0.25, 0.3) is 0 Å². The monoisotopic (exact) mass is 199 g/mol. The minimum Gasteiger partial charge on any atom is -0.469 e. The minimum absolute atomic E-state index is 0.0312. The number of aliphatic hydroxyl groups is 1. The first-order chi connectivity index (χ1) is 6.69. The molecule has 2 aliphatic heterocycles. The summed E-state index contributed by atoms with van der Waals surface area (Å²) in [6.07, 6.45) is 2.96. The van der Waals surface area contributed by atoms with Gasteiger partial charge in [0, 0.05) is 12.1 Å². The number of fused-ring (bicyclic) bond motifs is 2. The second-order valence-corrected chi connectivity index (χ2v) is 4.38. The summed E-state index contributed by atoms with van der Waals surface area (Å²) in [5.41, 5.74) is 0. The van der Waals surface area contributed by atoms with Crippen molar-refractivity contribution in [2.24, 2.45) is 5.92 Å². The van der Waals surface area contributed by atoms with Gasteiger partial charge in [-0.05, 0) is 25.7 Å². The van der Waals surface area contributed by atoms with Gasteiger partial charge in [-0.15, -0.1) is 0 Å². The van der Waals surface area contributed by atoms with Crippen molar-refractivity contribution < 1.29 is 14.6 Å². The van der Waals surface area contributed by atoms with E-state index in [-0.39, 0.29) is 18.0 Å². The fourth-order valence-electron chi connectivity index (χ4n) is 2.69. The molecular formula is C10H17NO3. The van der Waals surface area contributed by atoms with E-state index >= 15 is 0 Å². The van der Waals surface area contributed by atoms with Crippen molar-refractivity contribution in [2.75, 3.05) is 7.11 Å². The van der Waals surface area contributed by atoms with E-state index in [0.29, 0.717) is 12.1 Å². The Morgan fingerprint density at radius 2 is 1.86 bits per heavy atom. The molecule has 0 aromatic rings. The molecule has 2 bridgehead atoms. The van der Waals surface area contributed by atoms with Crippen LogP contribution in [-0.2, 0) is 9.53 Å². The largest absolute Gasteiger partial charge is 0.469 e. The molecule has 0 amide bonds. The van der Waals surface area contributed by atoms with E-state index in [1.54, 1.807) is 0 Å². The lowest BCUT2D eigenvalue weighted by Crippen LogP contribution is -2.53. The normalized spacial score (nSPS) is 41.9. The number of nitrogens with one attached hydrogen (secondary N) is 1. The lowest BCUT2D eigenvalue weighted by molar-refractivity contribution is -0.148. The molecule has 0 aromatic carbocycles. The van der Waals surface area contributed by atoms with Crippen LogP contribution in [0.3, 0.4) is 0 Å². The summed E-state index contributed by atoms with van der Waals surface area (Å²) in [5.74, 6) is -0.0679. The molecule has 4 nitrogen and oxygen atoms in total. The van der Waals surface area contributed by atoms with Crippen LogP contribution < -0.4 is 5.32 Å². The lowest BCUT2D eigenvalue weighted by Gasteiger charge is -2.41. The first kappa shape index (κ1) is 9.93. The number of carbonyl (C=O) groups is 1. The van der Waals surface area contributed by atoms with E-state index in [2.05, 4.69) is 5.32 Å². The van der Waals surface area contributed by atoms with Crippen molar-refractivity contribution in [3.05, 3.63) is 0 Å². The molecule has 4 heteroatoms. The van der Waals surface area contributed by atoms with E-state index in [1.807, 2.05) is 0 Å². The number of hydrogen-bond donors (Lipinski definition) is 2. The van der Waals surface area contributed by atoms with Gasteiger partial charge in [-0.1, -0.05) is 0 Å². The highest BCUT2D eigenvalue weighted by molar-refractivity contribution is 5.72. The Kier molecular flexibility index (Phi) is 2.74. The summed E-state index contributed by atoms with van der Waals surface area (Å²) in [5, 5.41) is 13.0. The highest BCUT2D eigenvalue weighted by Gasteiger charge is 2.37. The van der Waals surface area contributed by atoms with E-state index in [4.69, 9.17) is 4.74 Å². The zero-order chi connectivity index (χ0) is 10.1. The van der Waals surface area contributed by atoms with Crippen LogP contribution in [-0.4, -0.2) is 36.4 Å². The van der Waals surface area contributed by atoms with Crippen LogP contribution in [0.1, 0.15) is 25.7 Å². The van der Waals surface area contributed by atoms with Gasteiger partial charge in [0.25, 0.3) is 0 Å². The third-order valence-corrected chi connectivity index (χ3v) is 3.26. The second kappa shape index (κ2) is 3.87. The zero-order valence-electron chi connectivity index (χ0n) is 8.40. The quantitative estimate of drug-likeness (QED) is 0.586. The summed E-state index contributed by atoms with van der Waals surface area (Å²) in [4.78, 5) is 11.4. The van der Waals surface area contributed by atoms with Crippen LogP contribution in [0.15, 0.2) is 0 Å². The molecule has 2 fully saturated rings. The lowest BCUT2D eigenvalue weighted by atomic mass is 9.79. The fourth-order valence-corrected chi connectivity index (χ4v) is 2.69. The van der Waals surface area contributed by atoms with Crippen LogP contribution in [0.2, 0.25) is 0 Å². The molecule has 14 heavy (non-hydrogen) atoms. The molecule has 0 spiro atoms. The molecule has 0 aromatic heterocycles. The maximum Gasteiger partial charge on any atom is 0.308 e. The average molecular weight is 199 g/mol. The molecule has 2 unspecified atom stereocenters. The molecule has 80 valence electrons. The molecule has 2 N–H and O–H groups in total. The molecule has 2 atom stereocenters. The molecule has 0 aliphatic carbocycles. The third-order valence-electron chi connectivity index (χ3n) is 3.26. The number of hydrogen-bond acceptors (Lipinski definition) is 4. The van der Waals surface area contributed by atoms with E-state index in [0.717, 1.165) is 25.7 Å². The van der Waals surface area contributed by atoms with Gasteiger partial charge in [-0.3, -0.25) is 4.79 Å². The number of carbonyl (C=O) groups excluding carboxylic acids is 1. The van der Waals surface area contributed by atoms with Crippen LogP contribution in [0, 0.1) is 5.92 Å². The molecule has 0 radical (unpaired) electrons. The van der Waals surface area contributed by atoms with E-state index in [9.17, 15) is 9.90 Å². The number of ether oxygens (including phenoxy) is 1. The number of methoxy groups -OCH3 is 1. The van der Waals surface area contributed by atoms with Gasteiger partial charge in [0.15, 0.2) is 0 Å². The Labute approximate surface area is 83.6 Å². The Balaban J connectivity index is 1.98.